The predicted octanol–water partition coefficient (Wildman–Crippen LogP) is 4.16. The Morgan fingerprint density at radius 2 is 2.12 bits per heavy atom. The van der Waals surface area contributed by atoms with Crippen LogP contribution in [-0.4, -0.2) is 60.3 Å². The van der Waals surface area contributed by atoms with E-state index in [0.29, 0.717) is 45.7 Å². The maximum atomic E-state index is 11.7. The number of carbonyl (C=O) groups excluding carboxylic acids is 1. The molecule has 34 heavy (non-hydrogen) atoms. The quantitative estimate of drug-likeness (QED) is 0.407. The number of methoxy groups -OCH3 is 2. The molecule has 10 nitrogen and oxygen atoms in total. The third kappa shape index (κ3) is 4.80. The van der Waals surface area contributed by atoms with E-state index in [1.807, 2.05) is 18.4 Å². The number of hydrogen-bond acceptors (Lipinski definition) is 10. The first-order valence-corrected chi connectivity index (χ1v) is 11.4. The fourth-order valence-electron chi connectivity index (χ4n) is 3.39. The van der Waals surface area contributed by atoms with Crippen molar-refractivity contribution >= 4 is 35.5 Å². The Balaban J connectivity index is 1.81. The SMILES string of the molecule is COC(=O)N=CC(=Nc1ccc(-c2noc(C)n2)c(SC)c1)c1cc(OC)c2c(c1)C(O)CO2. The molecule has 1 amide bonds. The summed E-state index contributed by atoms with van der Waals surface area (Å²) < 4.78 is 20.7. The van der Waals surface area contributed by atoms with Crippen LogP contribution in [0.3, 0.4) is 0 Å². The highest BCUT2D eigenvalue weighted by molar-refractivity contribution is 7.98. The molecule has 11 heteroatoms. The molecule has 1 aliphatic heterocycles. The molecule has 2 aromatic carbocycles. The van der Waals surface area contributed by atoms with Gasteiger partial charge in [0.05, 0.1) is 31.8 Å². The summed E-state index contributed by atoms with van der Waals surface area (Å²) in [7, 11) is 2.75. The number of aliphatic imine (C=N–C) groups is 2. The normalized spacial score (nSPS) is 15.3. The highest BCUT2D eigenvalue weighted by Crippen LogP contribution is 2.41. The molecule has 1 atom stereocenters. The standard InChI is InChI=1S/C23H22N4O6S/c1-12-25-22(27-33-12)15-6-5-14(9-20(15)34-4)26-17(10-24-23(29)31-3)13-7-16-18(28)11-32-21(16)19(8-13)30-2/h5-10,18,28H,11H2,1-4H3. The van der Waals surface area contributed by atoms with Crippen LogP contribution in [0.15, 0.2) is 49.7 Å². The number of rotatable bonds is 6. The average Bonchev–Trinajstić information content (AvgIpc) is 3.46. The van der Waals surface area contributed by atoms with E-state index in [2.05, 4.69) is 19.9 Å². The molecule has 0 saturated carbocycles. The lowest BCUT2D eigenvalue weighted by Crippen LogP contribution is -2.07. The van der Waals surface area contributed by atoms with E-state index in [1.165, 1.54) is 32.2 Å². The summed E-state index contributed by atoms with van der Waals surface area (Å²) in [5.41, 5.74) is 2.93. The smallest absolute Gasteiger partial charge is 0.433 e. The summed E-state index contributed by atoms with van der Waals surface area (Å²) in [4.78, 5) is 25.4. The van der Waals surface area contributed by atoms with Crippen molar-refractivity contribution in [2.75, 3.05) is 27.1 Å². The summed E-state index contributed by atoms with van der Waals surface area (Å²) in [5.74, 6) is 1.88. The zero-order valence-electron chi connectivity index (χ0n) is 18.9. The minimum Gasteiger partial charge on any atom is -0.493 e. The van der Waals surface area contributed by atoms with Gasteiger partial charge in [-0.3, -0.25) is 0 Å². The van der Waals surface area contributed by atoms with Gasteiger partial charge in [-0.2, -0.15) is 9.98 Å². The molecule has 1 aromatic heterocycles. The van der Waals surface area contributed by atoms with Crippen LogP contribution in [-0.2, 0) is 4.74 Å². The highest BCUT2D eigenvalue weighted by Gasteiger charge is 2.27. The lowest BCUT2D eigenvalue weighted by atomic mass is 10.0. The van der Waals surface area contributed by atoms with Crippen molar-refractivity contribution in [3.05, 3.63) is 47.3 Å². The highest BCUT2D eigenvalue weighted by atomic mass is 32.2. The summed E-state index contributed by atoms with van der Waals surface area (Å²) in [5, 5.41) is 14.3. The van der Waals surface area contributed by atoms with Gasteiger partial charge in [-0.15, -0.1) is 11.8 Å². The predicted molar refractivity (Wildman–Crippen MR) is 127 cm³/mol. The first-order valence-electron chi connectivity index (χ1n) is 10.2. The van der Waals surface area contributed by atoms with E-state index < -0.39 is 12.2 Å². The van der Waals surface area contributed by atoms with Crippen LogP contribution in [0.25, 0.3) is 11.4 Å². The minimum absolute atomic E-state index is 0.131. The van der Waals surface area contributed by atoms with Crippen LogP contribution < -0.4 is 9.47 Å². The Hall–Kier alpha value is -3.70. The molecule has 176 valence electrons. The third-order valence-electron chi connectivity index (χ3n) is 5.01. The molecule has 0 spiro atoms. The second-order valence-electron chi connectivity index (χ2n) is 7.17. The number of amides is 1. The number of aliphatic hydroxyl groups excluding tert-OH is 1. The largest absolute Gasteiger partial charge is 0.493 e. The average molecular weight is 483 g/mol. The van der Waals surface area contributed by atoms with Crippen LogP contribution >= 0.6 is 11.8 Å². The van der Waals surface area contributed by atoms with Crippen LogP contribution in [0.4, 0.5) is 10.5 Å². The fourth-order valence-corrected chi connectivity index (χ4v) is 4.01. The Morgan fingerprint density at radius 1 is 1.29 bits per heavy atom. The molecule has 4 rings (SSSR count). The van der Waals surface area contributed by atoms with Gasteiger partial charge < -0.3 is 23.8 Å². The molecular weight excluding hydrogens is 460 g/mol. The van der Waals surface area contributed by atoms with Gasteiger partial charge in [-0.1, -0.05) is 5.16 Å². The van der Waals surface area contributed by atoms with Crippen molar-refractivity contribution in [2.45, 2.75) is 17.9 Å². The van der Waals surface area contributed by atoms with Crippen LogP contribution in [0.1, 0.15) is 23.1 Å². The molecule has 3 aromatic rings. The summed E-state index contributed by atoms with van der Waals surface area (Å²) in [6.45, 7) is 1.86. The topological polar surface area (TPSA) is 129 Å². The maximum absolute atomic E-state index is 11.7. The van der Waals surface area contributed by atoms with Crippen molar-refractivity contribution in [1.29, 1.82) is 0 Å². The number of aryl methyl sites for hydroxylation is 1. The van der Waals surface area contributed by atoms with E-state index in [4.69, 9.17) is 19.0 Å². The first-order chi connectivity index (χ1) is 16.4. The van der Waals surface area contributed by atoms with Gasteiger partial charge in [-0.25, -0.2) is 9.79 Å². The number of nitrogens with zero attached hydrogens (tertiary/aromatic N) is 4. The first kappa shape index (κ1) is 23.5. The van der Waals surface area contributed by atoms with Gasteiger partial charge >= 0.3 is 6.09 Å². The van der Waals surface area contributed by atoms with Crippen LogP contribution in [0.5, 0.6) is 11.5 Å². The van der Waals surface area contributed by atoms with E-state index >= 15 is 0 Å². The molecule has 1 N–H and O–H groups in total. The van der Waals surface area contributed by atoms with Crippen molar-refractivity contribution < 1.29 is 28.6 Å². The summed E-state index contributed by atoms with van der Waals surface area (Å²) >= 11 is 1.51. The van der Waals surface area contributed by atoms with E-state index in [9.17, 15) is 9.90 Å². The summed E-state index contributed by atoms with van der Waals surface area (Å²) in [6.07, 6.45) is 1.68. The number of carbonyl (C=O) groups is 1. The Labute approximate surface area is 199 Å². The Kier molecular flexibility index (Phi) is 6.94. The molecule has 2 heterocycles. The Morgan fingerprint density at radius 3 is 2.79 bits per heavy atom. The monoisotopic (exact) mass is 482 g/mol. The number of aromatic nitrogens is 2. The van der Waals surface area contributed by atoms with Crippen molar-refractivity contribution in [1.82, 2.24) is 10.1 Å². The zero-order chi connectivity index (χ0) is 24.2. The van der Waals surface area contributed by atoms with Gasteiger partial charge in [0, 0.05) is 28.5 Å². The minimum atomic E-state index is -0.802. The van der Waals surface area contributed by atoms with Gasteiger partial charge in [0.2, 0.25) is 11.7 Å². The van der Waals surface area contributed by atoms with Crippen molar-refractivity contribution in [3.8, 4) is 22.9 Å². The van der Waals surface area contributed by atoms with E-state index in [1.54, 1.807) is 25.1 Å². The molecule has 1 unspecified atom stereocenters. The van der Waals surface area contributed by atoms with Gasteiger partial charge in [0.25, 0.3) is 0 Å². The number of hydrogen-bond donors (Lipinski definition) is 1. The third-order valence-corrected chi connectivity index (χ3v) is 5.79. The van der Waals surface area contributed by atoms with E-state index in [0.717, 1.165) is 10.5 Å². The molecule has 0 aliphatic carbocycles. The van der Waals surface area contributed by atoms with Crippen molar-refractivity contribution in [3.63, 3.8) is 0 Å². The molecule has 0 radical (unpaired) electrons. The molecule has 1 aliphatic rings. The lowest BCUT2D eigenvalue weighted by Gasteiger charge is -2.11. The molecule has 0 saturated heterocycles. The van der Waals surface area contributed by atoms with Gasteiger partial charge in [0.1, 0.15) is 12.7 Å². The maximum Gasteiger partial charge on any atom is 0.433 e. The van der Waals surface area contributed by atoms with Gasteiger partial charge in [0.15, 0.2) is 11.5 Å². The van der Waals surface area contributed by atoms with E-state index in [-0.39, 0.29) is 6.61 Å². The molecule has 0 bridgehead atoms. The van der Waals surface area contributed by atoms with Crippen LogP contribution in [0.2, 0.25) is 0 Å². The lowest BCUT2D eigenvalue weighted by molar-refractivity contribution is 0.139. The number of benzene rings is 2. The Bertz CT molecular complexity index is 1290. The van der Waals surface area contributed by atoms with Crippen LogP contribution in [0, 0.1) is 6.92 Å². The second kappa shape index (κ2) is 10.1. The zero-order valence-corrected chi connectivity index (χ0v) is 19.8. The number of thioether (sulfide) groups is 1. The fraction of sp³-hybridized carbons (Fsp3) is 0.261. The number of fused-ring (bicyclic) bond motifs is 1. The molecule has 0 fully saturated rings. The number of ether oxygens (including phenoxy) is 3. The molecular formula is C23H22N4O6S. The van der Waals surface area contributed by atoms with Gasteiger partial charge in [-0.05, 0) is 36.6 Å². The second-order valence-corrected chi connectivity index (χ2v) is 8.02. The summed E-state index contributed by atoms with van der Waals surface area (Å²) in [6, 6.07) is 8.98. The number of aliphatic hydroxyl groups is 1. The van der Waals surface area contributed by atoms with Crippen molar-refractivity contribution in [2.24, 2.45) is 9.98 Å².